The first-order valence-electron chi connectivity index (χ1n) is 8.70. The third-order valence-electron chi connectivity index (χ3n) is 4.46. The molecule has 0 bridgehead atoms. The minimum atomic E-state index is -4.53. The monoisotopic (exact) mass is 509 g/mol. The van der Waals surface area contributed by atoms with Gasteiger partial charge in [0, 0.05) is 17.0 Å². The van der Waals surface area contributed by atoms with Gasteiger partial charge in [0.2, 0.25) is 5.91 Å². The third-order valence-corrected chi connectivity index (χ3v) is 5.93. The van der Waals surface area contributed by atoms with Crippen LogP contribution in [-0.4, -0.2) is 22.9 Å². The number of nitrogens with zero attached hydrogens (tertiary/aromatic N) is 2. The summed E-state index contributed by atoms with van der Waals surface area (Å²) in [5, 5.41) is 2.49. The Labute approximate surface area is 186 Å². The fourth-order valence-corrected chi connectivity index (χ4v) is 4.47. The molecule has 0 saturated carbocycles. The molecule has 2 heterocycles. The summed E-state index contributed by atoms with van der Waals surface area (Å²) >= 11 is 4.14. The molecule has 4 rings (SSSR count). The number of nitrogens with one attached hydrogen (secondary N) is 1. The van der Waals surface area contributed by atoms with E-state index in [4.69, 9.17) is 0 Å². The highest BCUT2D eigenvalue weighted by atomic mass is 79.9. The highest BCUT2D eigenvalue weighted by Crippen LogP contribution is 2.44. The molecule has 2 aliphatic rings. The van der Waals surface area contributed by atoms with Crippen molar-refractivity contribution in [1.82, 2.24) is 5.32 Å². The maximum atomic E-state index is 12.9. The van der Waals surface area contributed by atoms with Gasteiger partial charge in [-0.25, -0.2) is 9.89 Å². The van der Waals surface area contributed by atoms with E-state index >= 15 is 0 Å². The van der Waals surface area contributed by atoms with E-state index in [0.29, 0.717) is 15.7 Å². The Hall–Kier alpha value is -2.92. The summed E-state index contributed by atoms with van der Waals surface area (Å²) in [4.78, 5) is 42.6. The van der Waals surface area contributed by atoms with Gasteiger partial charge >= 0.3 is 6.18 Å². The second-order valence-electron chi connectivity index (χ2n) is 6.55. The van der Waals surface area contributed by atoms with Crippen molar-refractivity contribution in [3.63, 3.8) is 0 Å². The quantitative estimate of drug-likeness (QED) is 0.568. The number of amidine groups is 1. The molecule has 0 spiro atoms. The zero-order valence-electron chi connectivity index (χ0n) is 15.6. The van der Waals surface area contributed by atoms with Gasteiger partial charge in [0.05, 0.1) is 27.4 Å². The van der Waals surface area contributed by atoms with Crippen molar-refractivity contribution < 1.29 is 27.6 Å². The van der Waals surface area contributed by atoms with Crippen molar-refractivity contribution in [2.75, 3.05) is 4.90 Å². The number of benzene rings is 2. The van der Waals surface area contributed by atoms with Crippen molar-refractivity contribution in [2.24, 2.45) is 4.99 Å². The van der Waals surface area contributed by atoms with Crippen LogP contribution in [0.3, 0.4) is 0 Å². The van der Waals surface area contributed by atoms with Gasteiger partial charge in [0.25, 0.3) is 11.8 Å². The molecule has 1 saturated heterocycles. The molecule has 0 radical (unpaired) electrons. The third kappa shape index (κ3) is 3.90. The Bertz CT molecular complexity index is 1220. The molecule has 1 N–H and O–H groups in total. The predicted octanol–water partition coefficient (Wildman–Crippen LogP) is 4.62. The summed E-state index contributed by atoms with van der Waals surface area (Å²) in [6.45, 7) is 1.24. The molecule has 2 aromatic rings. The lowest BCUT2D eigenvalue weighted by atomic mass is 10.1. The van der Waals surface area contributed by atoms with Crippen molar-refractivity contribution >= 4 is 67.5 Å². The molecule has 2 aromatic carbocycles. The molecule has 0 aromatic heterocycles. The first-order chi connectivity index (χ1) is 14.6. The standard InChI is InChI=1S/C20H11BrF3N3O3S/c1-9(28)27-14-6-5-11(21)8-13(14)15(18(27)30)16-17(29)26-19(31-16)25-12-4-2-3-10(7-12)20(22,23)24/h2-8H,1H3,(H,25,26,29)/b16-15-. The molecule has 3 amide bonds. The number of anilines is 1. The summed E-state index contributed by atoms with van der Waals surface area (Å²) in [6.07, 6.45) is -4.53. The van der Waals surface area contributed by atoms with Crippen molar-refractivity contribution in [2.45, 2.75) is 13.1 Å². The molecular weight excluding hydrogens is 499 g/mol. The van der Waals surface area contributed by atoms with Crippen LogP contribution < -0.4 is 10.2 Å². The first kappa shape index (κ1) is 21.3. The molecule has 158 valence electrons. The van der Waals surface area contributed by atoms with Gasteiger partial charge in [0.15, 0.2) is 5.17 Å². The van der Waals surface area contributed by atoms with E-state index in [-0.39, 0.29) is 21.3 Å². The number of aliphatic imine (C=N–C) groups is 1. The highest BCUT2D eigenvalue weighted by molar-refractivity contribution is 9.10. The molecule has 0 aliphatic carbocycles. The topological polar surface area (TPSA) is 78.8 Å². The van der Waals surface area contributed by atoms with E-state index in [1.807, 2.05) is 0 Å². The van der Waals surface area contributed by atoms with Crippen molar-refractivity contribution in [1.29, 1.82) is 0 Å². The number of hydrogen-bond donors (Lipinski definition) is 1. The number of imide groups is 1. The van der Waals surface area contributed by atoms with Gasteiger partial charge in [-0.3, -0.25) is 14.4 Å². The van der Waals surface area contributed by atoms with Crippen LogP contribution in [0, 0.1) is 0 Å². The van der Waals surface area contributed by atoms with E-state index in [1.165, 1.54) is 19.1 Å². The number of hydrogen-bond acceptors (Lipinski definition) is 5. The number of fused-ring (bicyclic) bond motifs is 1. The van der Waals surface area contributed by atoms with E-state index in [9.17, 15) is 27.6 Å². The number of alkyl halides is 3. The normalized spacial score (nSPS) is 19.8. The molecule has 2 aliphatic heterocycles. The molecule has 11 heteroatoms. The smallest absolute Gasteiger partial charge is 0.300 e. The van der Waals surface area contributed by atoms with Crippen LogP contribution in [0.1, 0.15) is 18.1 Å². The lowest BCUT2D eigenvalue weighted by molar-refractivity contribution is -0.137. The van der Waals surface area contributed by atoms with Crippen molar-refractivity contribution in [3.05, 3.63) is 63.0 Å². The summed E-state index contributed by atoms with van der Waals surface area (Å²) in [6, 6.07) is 9.22. The zero-order valence-corrected chi connectivity index (χ0v) is 18.0. The van der Waals surface area contributed by atoms with Gasteiger partial charge in [-0.05, 0) is 48.2 Å². The van der Waals surface area contributed by atoms with Gasteiger partial charge in [-0.15, -0.1) is 0 Å². The van der Waals surface area contributed by atoms with E-state index in [0.717, 1.165) is 28.8 Å². The van der Waals surface area contributed by atoms with Gasteiger partial charge in [-0.1, -0.05) is 22.0 Å². The Morgan fingerprint density at radius 1 is 1.16 bits per heavy atom. The van der Waals surface area contributed by atoms with E-state index in [2.05, 4.69) is 26.2 Å². The lowest BCUT2D eigenvalue weighted by Gasteiger charge is -2.11. The number of carbonyl (C=O) groups excluding carboxylic acids is 3. The summed E-state index contributed by atoms with van der Waals surface area (Å²) < 4.78 is 39.4. The minimum Gasteiger partial charge on any atom is -0.300 e. The summed E-state index contributed by atoms with van der Waals surface area (Å²) in [7, 11) is 0. The first-order valence-corrected chi connectivity index (χ1v) is 10.3. The maximum Gasteiger partial charge on any atom is 0.416 e. The van der Waals surface area contributed by atoms with Crippen LogP contribution in [0.2, 0.25) is 0 Å². The average Bonchev–Trinajstić information content (AvgIpc) is 3.16. The average molecular weight is 510 g/mol. The fourth-order valence-electron chi connectivity index (χ4n) is 3.18. The Morgan fingerprint density at radius 2 is 1.90 bits per heavy atom. The SMILES string of the molecule is CC(=O)N1C(=O)/C(=C2\SC(=Nc3cccc(C(F)(F)F)c3)NC2=O)c2cc(Br)ccc21. The molecule has 31 heavy (non-hydrogen) atoms. The second-order valence-corrected chi connectivity index (χ2v) is 8.46. The molecule has 1 fully saturated rings. The number of amides is 3. The Kier molecular flexibility index (Phi) is 5.26. The second kappa shape index (κ2) is 7.65. The largest absolute Gasteiger partial charge is 0.416 e. The number of halogens is 4. The van der Waals surface area contributed by atoms with Crippen LogP contribution in [0.15, 0.2) is 56.8 Å². The van der Waals surface area contributed by atoms with Gasteiger partial charge in [0.1, 0.15) is 0 Å². The van der Waals surface area contributed by atoms with E-state index < -0.39 is 29.5 Å². The zero-order chi connectivity index (χ0) is 22.5. The maximum absolute atomic E-state index is 12.9. The molecule has 0 atom stereocenters. The van der Waals surface area contributed by atoms with Gasteiger partial charge < -0.3 is 5.32 Å². The molecule has 6 nitrogen and oxygen atoms in total. The van der Waals surface area contributed by atoms with Gasteiger partial charge in [-0.2, -0.15) is 13.2 Å². The Morgan fingerprint density at radius 3 is 2.58 bits per heavy atom. The minimum absolute atomic E-state index is 0.00451. The predicted molar refractivity (Wildman–Crippen MR) is 114 cm³/mol. The number of thioether (sulfide) groups is 1. The summed E-state index contributed by atoms with van der Waals surface area (Å²) in [5.41, 5.74) is -0.102. The molecule has 0 unspecified atom stereocenters. The Balaban J connectivity index is 1.76. The number of rotatable bonds is 1. The number of carbonyl (C=O) groups is 3. The van der Waals surface area contributed by atoms with Crippen LogP contribution in [0.5, 0.6) is 0 Å². The fraction of sp³-hybridized carbons (Fsp3) is 0.100. The van der Waals surface area contributed by atoms with Crippen LogP contribution in [-0.2, 0) is 20.6 Å². The van der Waals surface area contributed by atoms with Crippen molar-refractivity contribution in [3.8, 4) is 0 Å². The van der Waals surface area contributed by atoms with E-state index in [1.54, 1.807) is 18.2 Å². The molecular formula is C20H11BrF3N3O3S. The lowest BCUT2D eigenvalue weighted by Crippen LogP contribution is -2.31. The van der Waals surface area contributed by atoms with Crippen LogP contribution >= 0.6 is 27.7 Å². The van der Waals surface area contributed by atoms with Crippen LogP contribution in [0.4, 0.5) is 24.5 Å². The van der Waals surface area contributed by atoms with Crippen LogP contribution in [0.25, 0.3) is 5.57 Å². The highest BCUT2D eigenvalue weighted by Gasteiger charge is 2.41. The summed E-state index contributed by atoms with van der Waals surface area (Å²) in [5.74, 6) is -1.79.